The van der Waals surface area contributed by atoms with Crippen LogP contribution in [0.4, 0.5) is 0 Å². The number of rotatable bonds is 6. The van der Waals surface area contributed by atoms with Crippen LogP contribution in [0.2, 0.25) is 0 Å². The standard InChI is InChI=1S/C26H29N7O3/c1-35-21-9-17(10-22(11-21)36-2)26(34)31-7-4-19(5-8-31)32-14-20(15-32)33-13-18(12-30-33)24-23-3-6-27-25(23)29-16-28-24/h3,6,9-13,16,19-20H,4-5,7-8,14-15H2,1-2H3,(H,27,28,29). The molecular formula is C26H29N7O3. The largest absolute Gasteiger partial charge is 0.497 e. The van der Waals surface area contributed by atoms with E-state index in [0.717, 1.165) is 61.3 Å². The number of benzene rings is 1. The van der Waals surface area contributed by atoms with Crippen LogP contribution in [-0.4, -0.2) is 86.9 Å². The minimum absolute atomic E-state index is 0.0254. The molecule has 0 saturated carbocycles. The first-order valence-electron chi connectivity index (χ1n) is 12.2. The number of ether oxygens (including phenoxy) is 2. The van der Waals surface area contributed by atoms with Crippen LogP contribution >= 0.6 is 0 Å². The summed E-state index contributed by atoms with van der Waals surface area (Å²) >= 11 is 0. The van der Waals surface area contributed by atoms with Crippen molar-refractivity contribution in [1.29, 1.82) is 0 Å². The molecule has 4 aromatic rings. The number of hydrogen-bond acceptors (Lipinski definition) is 7. The molecule has 2 fully saturated rings. The number of methoxy groups -OCH3 is 2. The van der Waals surface area contributed by atoms with E-state index < -0.39 is 0 Å². The number of carbonyl (C=O) groups is 1. The maximum atomic E-state index is 13.1. The maximum absolute atomic E-state index is 13.1. The number of hydrogen-bond donors (Lipinski definition) is 1. The second-order valence-electron chi connectivity index (χ2n) is 9.40. The van der Waals surface area contributed by atoms with E-state index in [1.165, 1.54) is 0 Å². The van der Waals surface area contributed by atoms with Crippen LogP contribution in [-0.2, 0) is 0 Å². The molecule has 3 aromatic heterocycles. The van der Waals surface area contributed by atoms with Gasteiger partial charge in [0.05, 0.1) is 32.2 Å². The highest BCUT2D eigenvalue weighted by molar-refractivity contribution is 5.95. The number of amides is 1. The fraction of sp³-hybridized carbons (Fsp3) is 0.385. The summed E-state index contributed by atoms with van der Waals surface area (Å²) in [6.45, 7) is 3.43. The Balaban J connectivity index is 1.04. The highest BCUT2D eigenvalue weighted by atomic mass is 16.5. The van der Waals surface area contributed by atoms with E-state index in [1.807, 2.05) is 23.4 Å². The van der Waals surface area contributed by atoms with Gasteiger partial charge in [0.15, 0.2) is 0 Å². The summed E-state index contributed by atoms with van der Waals surface area (Å²) in [5, 5.41) is 5.63. The van der Waals surface area contributed by atoms with Gasteiger partial charge in [0.2, 0.25) is 0 Å². The number of aromatic nitrogens is 5. The van der Waals surface area contributed by atoms with Crippen LogP contribution < -0.4 is 9.47 Å². The van der Waals surface area contributed by atoms with Crippen molar-refractivity contribution in [2.45, 2.75) is 24.9 Å². The highest BCUT2D eigenvalue weighted by Crippen LogP contribution is 2.31. The first-order valence-corrected chi connectivity index (χ1v) is 12.2. The van der Waals surface area contributed by atoms with Crippen molar-refractivity contribution in [2.24, 2.45) is 0 Å². The van der Waals surface area contributed by atoms with Gasteiger partial charge in [0, 0.05) is 67.2 Å². The zero-order valence-electron chi connectivity index (χ0n) is 20.4. The number of likely N-dealkylation sites (tertiary alicyclic amines) is 2. The lowest BCUT2D eigenvalue weighted by Crippen LogP contribution is -2.56. The summed E-state index contributed by atoms with van der Waals surface area (Å²) in [6, 6.07) is 8.16. The molecule has 2 aliphatic rings. The van der Waals surface area contributed by atoms with E-state index in [4.69, 9.17) is 9.47 Å². The monoisotopic (exact) mass is 487 g/mol. The lowest BCUT2D eigenvalue weighted by Gasteiger charge is -2.47. The predicted molar refractivity (Wildman–Crippen MR) is 134 cm³/mol. The number of piperidine rings is 1. The van der Waals surface area contributed by atoms with E-state index >= 15 is 0 Å². The van der Waals surface area contributed by atoms with Gasteiger partial charge >= 0.3 is 0 Å². The van der Waals surface area contributed by atoms with E-state index in [9.17, 15) is 4.79 Å². The van der Waals surface area contributed by atoms with Gasteiger partial charge in [-0.2, -0.15) is 5.10 Å². The van der Waals surface area contributed by atoms with Crippen molar-refractivity contribution in [3.63, 3.8) is 0 Å². The Morgan fingerprint density at radius 2 is 1.78 bits per heavy atom. The Bertz CT molecular complexity index is 1360. The smallest absolute Gasteiger partial charge is 0.254 e. The molecular weight excluding hydrogens is 458 g/mol. The quantitative estimate of drug-likeness (QED) is 0.446. The van der Waals surface area contributed by atoms with Crippen LogP contribution in [0.25, 0.3) is 22.3 Å². The fourth-order valence-corrected chi connectivity index (χ4v) is 5.26. The van der Waals surface area contributed by atoms with Crippen molar-refractivity contribution in [3.8, 4) is 22.8 Å². The molecule has 1 amide bonds. The molecule has 0 radical (unpaired) electrons. The van der Waals surface area contributed by atoms with Crippen LogP contribution in [0.5, 0.6) is 11.5 Å². The maximum Gasteiger partial charge on any atom is 0.254 e. The minimum atomic E-state index is 0.0254. The minimum Gasteiger partial charge on any atom is -0.497 e. The van der Waals surface area contributed by atoms with Crippen molar-refractivity contribution in [2.75, 3.05) is 40.4 Å². The molecule has 1 aromatic carbocycles. The second-order valence-corrected chi connectivity index (χ2v) is 9.40. The average molecular weight is 488 g/mol. The van der Waals surface area contributed by atoms with Crippen LogP contribution in [0, 0.1) is 0 Å². The molecule has 0 aliphatic carbocycles. The molecule has 0 unspecified atom stereocenters. The zero-order chi connectivity index (χ0) is 24.6. The summed E-state index contributed by atoms with van der Waals surface area (Å²) in [7, 11) is 3.19. The number of aromatic amines is 1. The Morgan fingerprint density at radius 1 is 1.03 bits per heavy atom. The zero-order valence-corrected chi connectivity index (χ0v) is 20.4. The Kier molecular flexibility index (Phi) is 5.80. The lowest BCUT2D eigenvalue weighted by atomic mass is 9.97. The number of fused-ring (bicyclic) bond motifs is 1. The molecule has 2 aliphatic heterocycles. The molecule has 0 atom stereocenters. The number of nitrogens with one attached hydrogen (secondary N) is 1. The predicted octanol–water partition coefficient (Wildman–Crippen LogP) is 3.00. The van der Waals surface area contributed by atoms with Crippen LogP contribution in [0.1, 0.15) is 29.2 Å². The third kappa shape index (κ3) is 4.07. The highest BCUT2D eigenvalue weighted by Gasteiger charge is 2.36. The van der Waals surface area contributed by atoms with E-state index in [-0.39, 0.29) is 5.91 Å². The molecule has 10 nitrogen and oxygen atoms in total. The molecule has 0 spiro atoms. The van der Waals surface area contributed by atoms with Crippen molar-refractivity contribution in [1.82, 2.24) is 34.5 Å². The molecule has 5 heterocycles. The van der Waals surface area contributed by atoms with Crippen LogP contribution in [0.15, 0.2) is 49.2 Å². The van der Waals surface area contributed by atoms with Gasteiger partial charge in [-0.1, -0.05) is 0 Å². The topological polar surface area (TPSA) is 101 Å². The third-order valence-corrected chi connectivity index (χ3v) is 7.36. The SMILES string of the molecule is COc1cc(OC)cc(C(=O)N2CCC(N3CC(n4cc(-c5ncnc6[nH]ccc56)cn4)C3)CC2)c1. The molecule has 1 N–H and O–H groups in total. The molecule has 2 saturated heterocycles. The number of nitrogens with zero attached hydrogens (tertiary/aromatic N) is 6. The van der Waals surface area contributed by atoms with Crippen molar-refractivity contribution in [3.05, 3.63) is 54.7 Å². The first-order chi connectivity index (χ1) is 17.6. The summed E-state index contributed by atoms with van der Waals surface area (Å²) in [4.78, 5) is 29.4. The van der Waals surface area contributed by atoms with Crippen molar-refractivity contribution < 1.29 is 14.3 Å². The summed E-state index contributed by atoms with van der Waals surface area (Å²) in [6.07, 6.45) is 9.37. The fourth-order valence-electron chi connectivity index (χ4n) is 5.26. The van der Waals surface area contributed by atoms with E-state index in [1.54, 1.807) is 38.7 Å². The Hall–Kier alpha value is -3.92. The first kappa shape index (κ1) is 22.5. The molecule has 36 heavy (non-hydrogen) atoms. The molecule has 6 rings (SSSR count). The summed E-state index contributed by atoms with van der Waals surface area (Å²) in [5.74, 6) is 1.27. The molecule has 10 heteroatoms. The van der Waals surface area contributed by atoms with Gasteiger partial charge < -0.3 is 19.4 Å². The van der Waals surface area contributed by atoms with Gasteiger partial charge in [-0.15, -0.1) is 0 Å². The van der Waals surface area contributed by atoms with Gasteiger partial charge in [-0.3, -0.25) is 14.4 Å². The average Bonchev–Trinajstić information content (AvgIpc) is 3.57. The normalized spacial score (nSPS) is 17.3. The Labute approximate surface area is 208 Å². The summed E-state index contributed by atoms with van der Waals surface area (Å²) < 4.78 is 12.7. The Morgan fingerprint density at radius 3 is 2.50 bits per heavy atom. The third-order valence-electron chi connectivity index (χ3n) is 7.36. The van der Waals surface area contributed by atoms with Gasteiger partial charge in [-0.05, 0) is 31.0 Å². The number of H-pyrrole nitrogens is 1. The van der Waals surface area contributed by atoms with E-state index in [2.05, 4.69) is 35.8 Å². The van der Waals surface area contributed by atoms with Gasteiger partial charge in [-0.25, -0.2) is 9.97 Å². The molecule has 0 bridgehead atoms. The lowest BCUT2D eigenvalue weighted by molar-refractivity contribution is 0.0197. The van der Waals surface area contributed by atoms with Crippen LogP contribution in [0.3, 0.4) is 0 Å². The molecule has 186 valence electrons. The van der Waals surface area contributed by atoms with E-state index in [0.29, 0.717) is 29.1 Å². The number of carbonyl (C=O) groups excluding carboxylic acids is 1. The summed E-state index contributed by atoms with van der Waals surface area (Å²) in [5.41, 5.74) is 3.33. The van der Waals surface area contributed by atoms with Gasteiger partial charge in [0.1, 0.15) is 23.5 Å². The van der Waals surface area contributed by atoms with Gasteiger partial charge in [0.25, 0.3) is 5.91 Å². The second kappa shape index (κ2) is 9.27. The van der Waals surface area contributed by atoms with Crippen molar-refractivity contribution >= 4 is 16.9 Å².